The van der Waals surface area contributed by atoms with Crippen molar-refractivity contribution in [3.8, 4) is 0 Å². The summed E-state index contributed by atoms with van der Waals surface area (Å²) in [7, 11) is 0. The number of hydrogen-bond donors (Lipinski definition) is 2. The number of nitrogens with one attached hydrogen (secondary N) is 1. The summed E-state index contributed by atoms with van der Waals surface area (Å²) in [5.41, 5.74) is 6.72. The highest BCUT2D eigenvalue weighted by Gasteiger charge is 2.24. The molecule has 1 amide bonds. The summed E-state index contributed by atoms with van der Waals surface area (Å²) < 4.78 is 5.31. The maximum absolute atomic E-state index is 11.9. The van der Waals surface area contributed by atoms with E-state index in [1.165, 1.54) is 0 Å². The second-order valence-electron chi connectivity index (χ2n) is 4.05. The molecule has 96 valence electrons. The molecule has 6 heteroatoms. The molecule has 4 nitrogen and oxygen atoms in total. The van der Waals surface area contributed by atoms with E-state index in [1.54, 1.807) is 18.2 Å². The minimum Gasteiger partial charge on any atom is -0.389 e. The van der Waals surface area contributed by atoms with Gasteiger partial charge in [-0.15, -0.1) is 0 Å². The van der Waals surface area contributed by atoms with E-state index in [0.717, 1.165) is 12.8 Å². The van der Waals surface area contributed by atoms with Crippen LogP contribution in [0.3, 0.4) is 0 Å². The molecule has 18 heavy (non-hydrogen) atoms. The van der Waals surface area contributed by atoms with Gasteiger partial charge in [-0.05, 0) is 31.0 Å². The third-order valence-electron chi connectivity index (χ3n) is 2.73. The van der Waals surface area contributed by atoms with Gasteiger partial charge in [-0.3, -0.25) is 4.79 Å². The Labute approximate surface area is 115 Å². The number of amides is 1. The molecule has 1 aliphatic rings. The van der Waals surface area contributed by atoms with Crippen LogP contribution in [-0.2, 0) is 9.53 Å². The van der Waals surface area contributed by atoms with Crippen molar-refractivity contribution in [2.75, 3.05) is 11.9 Å². The molecule has 0 bridgehead atoms. The lowest BCUT2D eigenvalue weighted by Crippen LogP contribution is -2.28. The molecule has 1 saturated heterocycles. The van der Waals surface area contributed by atoms with Gasteiger partial charge in [-0.25, -0.2) is 0 Å². The number of anilines is 1. The minimum atomic E-state index is -0.400. The van der Waals surface area contributed by atoms with Gasteiger partial charge < -0.3 is 15.8 Å². The van der Waals surface area contributed by atoms with Crippen molar-refractivity contribution in [3.05, 3.63) is 28.8 Å². The highest BCUT2D eigenvalue weighted by atomic mass is 35.5. The predicted octanol–water partition coefficient (Wildman–Crippen LogP) is 2.09. The van der Waals surface area contributed by atoms with Gasteiger partial charge in [-0.1, -0.05) is 23.8 Å². The van der Waals surface area contributed by atoms with Gasteiger partial charge >= 0.3 is 0 Å². The first-order valence-electron chi connectivity index (χ1n) is 5.60. The number of carbonyl (C=O) groups excluding carboxylic acids is 1. The third-order valence-corrected chi connectivity index (χ3v) is 3.18. The summed E-state index contributed by atoms with van der Waals surface area (Å²) in [6.07, 6.45) is 1.23. The van der Waals surface area contributed by atoms with E-state index < -0.39 is 6.10 Å². The molecule has 2 rings (SSSR count). The van der Waals surface area contributed by atoms with E-state index in [0.29, 0.717) is 22.9 Å². The van der Waals surface area contributed by atoms with Gasteiger partial charge in [-0.2, -0.15) is 0 Å². The summed E-state index contributed by atoms with van der Waals surface area (Å²) in [6.45, 7) is 0.621. The molecule has 0 radical (unpaired) electrons. The average molecular weight is 285 g/mol. The van der Waals surface area contributed by atoms with Crippen molar-refractivity contribution >= 4 is 40.4 Å². The highest BCUT2D eigenvalue weighted by Crippen LogP contribution is 2.22. The van der Waals surface area contributed by atoms with Crippen LogP contribution in [0.5, 0.6) is 0 Å². The van der Waals surface area contributed by atoms with Crippen LogP contribution in [0.15, 0.2) is 18.2 Å². The first-order chi connectivity index (χ1) is 8.58. The summed E-state index contributed by atoms with van der Waals surface area (Å²) >= 11 is 10.8. The standard InChI is InChI=1S/C12H13ClN2O2S/c13-7-3-4-8(11(14)18)9(6-7)15-12(16)10-2-1-5-17-10/h3-4,6,10H,1-2,5H2,(H2,14,18)(H,15,16). The Bertz CT molecular complexity index is 487. The second-order valence-corrected chi connectivity index (χ2v) is 4.92. The molecule has 1 aromatic carbocycles. The van der Waals surface area contributed by atoms with Crippen LogP contribution < -0.4 is 11.1 Å². The van der Waals surface area contributed by atoms with Crippen molar-refractivity contribution in [1.29, 1.82) is 0 Å². The number of ether oxygens (including phenoxy) is 1. The smallest absolute Gasteiger partial charge is 0.253 e. The molecule has 0 aromatic heterocycles. The molecule has 1 unspecified atom stereocenters. The van der Waals surface area contributed by atoms with Crippen LogP contribution >= 0.6 is 23.8 Å². The average Bonchev–Trinajstić information content (AvgIpc) is 2.81. The fourth-order valence-electron chi connectivity index (χ4n) is 1.83. The lowest BCUT2D eigenvalue weighted by molar-refractivity contribution is -0.124. The Balaban J connectivity index is 2.19. The minimum absolute atomic E-state index is 0.188. The normalized spacial score (nSPS) is 18.6. The monoisotopic (exact) mass is 284 g/mol. The van der Waals surface area contributed by atoms with Crippen molar-refractivity contribution in [1.82, 2.24) is 0 Å². The first kappa shape index (κ1) is 13.3. The van der Waals surface area contributed by atoms with Gasteiger partial charge in [0.2, 0.25) is 0 Å². The molecular formula is C12H13ClN2O2S. The molecule has 0 spiro atoms. The Morgan fingerprint density at radius 2 is 2.33 bits per heavy atom. The fourth-order valence-corrected chi connectivity index (χ4v) is 2.18. The Morgan fingerprint density at radius 3 is 2.94 bits per heavy atom. The first-order valence-corrected chi connectivity index (χ1v) is 6.38. The number of thiocarbonyl (C=S) groups is 1. The zero-order chi connectivity index (χ0) is 13.1. The van der Waals surface area contributed by atoms with E-state index in [9.17, 15) is 4.79 Å². The summed E-state index contributed by atoms with van der Waals surface area (Å²) in [6, 6.07) is 5.00. The Morgan fingerprint density at radius 1 is 1.56 bits per heavy atom. The fraction of sp³-hybridized carbons (Fsp3) is 0.333. The number of nitrogens with two attached hydrogens (primary N) is 1. The number of rotatable bonds is 3. The van der Waals surface area contributed by atoms with Gasteiger partial charge in [0, 0.05) is 17.2 Å². The molecule has 3 N–H and O–H groups in total. The third kappa shape index (κ3) is 2.98. The van der Waals surface area contributed by atoms with E-state index in [1.807, 2.05) is 0 Å². The predicted molar refractivity (Wildman–Crippen MR) is 74.9 cm³/mol. The molecule has 1 aliphatic heterocycles. The van der Waals surface area contributed by atoms with E-state index in [2.05, 4.69) is 5.32 Å². The molecule has 1 fully saturated rings. The molecule has 1 aromatic rings. The number of halogens is 1. The maximum atomic E-state index is 11.9. The van der Waals surface area contributed by atoms with Crippen molar-refractivity contribution in [3.63, 3.8) is 0 Å². The lowest BCUT2D eigenvalue weighted by Gasteiger charge is -2.13. The molecule has 0 aliphatic carbocycles. The van der Waals surface area contributed by atoms with Gasteiger partial charge in [0.15, 0.2) is 0 Å². The van der Waals surface area contributed by atoms with Crippen molar-refractivity contribution < 1.29 is 9.53 Å². The van der Waals surface area contributed by atoms with Gasteiger partial charge in [0.1, 0.15) is 11.1 Å². The van der Waals surface area contributed by atoms with Crippen LogP contribution in [0.2, 0.25) is 5.02 Å². The molecule has 0 saturated carbocycles. The van der Waals surface area contributed by atoms with Gasteiger partial charge in [0.25, 0.3) is 5.91 Å². The number of hydrogen-bond acceptors (Lipinski definition) is 3. The molecule has 1 heterocycles. The Hall–Kier alpha value is -1.17. The van der Waals surface area contributed by atoms with E-state index in [4.69, 9.17) is 34.3 Å². The van der Waals surface area contributed by atoms with E-state index >= 15 is 0 Å². The van der Waals surface area contributed by atoms with Crippen LogP contribution in [0.1, 0.15) is 18.4 Å². The summed E-state index contributed by atoms with van der Waals surface area (Å²) in [4.78, 5) is 12.2. The van der Waals surface area contributed by atoms with Crippen molar-refractivity contribution in [2.45, 2.75) is 18.9 Å². The highest BCUT2D eigenvalue weighted by molar-refractivity contribution is 7.80. The zero-order valence-corrected chi connectivity index (χ0v) is 11.2. The largest absolute Gasteiger partial charge is 0.389 e. The van der Waals surface area contributed by atoms with Crippen LogP contribution in [0.4, 0.5) is 5.69 Å². The quantitative estimate of drug-likeness (QED) is 0.834. The maximum Gasteiger partial charge on any atom is 0.253 e. The SMILES string of the molecule is NC(=S)c1ccc(Cl)cc1NC(=O)C1CCCO1. The topological polar surface area (TPSA) is 64.3 Å². The van der Waals surface area contributed by atoms with E-state index in [-0.39, 0.29) is 10.9 Å². The van der Waals surface area contributed by atoms with Crippen LogP contribution in [0, 0.1) is 0 Å². The summed E-state index contributed by atoms with van der Waals surface area (Å²) in [5, 5.41) is 3.27. The number of carbonyl (C=O) groups is 1. The lowest BCUT2D eigenvalue weighted by atomic mass is 10.1. The molecular weight excluding hydrogens is 272 g/mol. The molecule has 1 atom stereocenters. The Kier molecular flexibility index (Phi) is 4.16. The van der Waals surface area contributed by atoms with Crippen molar-refractivity contribution in [2.24, 2.45) is 5.73 Å². The zero-order valence-electron chi connectivity index (χ0n) is 9.61. The number of benzene rings is 1. The van der Waals surface area contributed by atoms with Crippen LogP contribution in [-0.4, -0.2) is 23.6 Å². The summed E-state index contributed by atoms with van der Waals surface area (Å²) in [5.74, 6) is -0.188. The second kappa shape index (κ2) is 5.65. The van der Waals surface area contributed by atoms with Crippen LogP contribution in [0.25, 0.3) is 0 Å². The van der Waals surface area contributed by atoms with Gasteiger partial charge in [0.05, 0.1) is 5.69 Å².